The Balaban J connectivity index is 2.71. The molecule has 0 saturated carbocycles. The van der Waals surface area contributed by atoms with Gasteiger partial charge in [0.05, 0.1) is 6.61 Å². The normalized spacial score (nSPS) is 10.5. The molecule has 1 aromatic carbocycles. The summed E-state index contributed by atoms with van der Waals surface area (Å²) >= 11 is 0. The van der Waals surface area contributed by atoms with Crippen LogP contribution in [0.4, 0.5) is 23.7 Å². The van der Waals surface area contributed by atoms with Gasteiger partial charge in [-0.05, 0) is 30.7 Å². The molecule has 0 atom stereocenters. The number of halogens is 3. The van der Waals surface area contributed by atoms with Crippen LogP contribution in [0.25, 0.3) is 0 Å². The van der Waals surface area contributed by atoms with Gasteiger partial charge in [0.2, 0.25) is 0 Å². The maximum atomic E-state index is 12.0. The van der Waals surface area contributed by atoms with E-state index in [0.29, 0.717) is 17.7 Å². The molecule has 4 nitrogen and oxygen atoms in total. The van der Waals surface area contributed by atoms with E-state index in [1.807, 2.05) is 0 Å². The second-order valence-corrected chi connectivity index (χ2v) is 4.29. The first-order chi connectivity index (χ1) is 9.80. The van der Waals surface area contributed by atoms with Crippen molar-refractivity contribution in [2.45, 2.75) is 19.5 Å². The number of carbonyl (C=O) groups is 1. The van der Waals surface area contributed by atoms with Crippen molar-refractivity contribution in [3.8, 4) is 11.8 Å². The summed E-state index contributed by atoms with van der Waals surface area (Å²) in [5, 5.41) is 12.7. The topological polar surface area (TPSA) is 61.4 Å². The zero-order valence-corrected chi connectivity index (χ0v) is 11.3. The summed E-state index contributed by atoms with van der Waals surface area (Å²) in [5.74, 6) is 5.52. The fourth-order valence-electron chi connectivity index (χ4n) is 1.50. The first kappa shape index (κ1) is 16.9. The van der Waals surface area contributed by atoms with E-state index < -0.39 is 18.8 Å². The molecule has 0 unspecified atom stereocenters. The zero-order valence-electron chi connectivity index (χ0n) is 11.3. The Labute approximate surface area is 120 Å². The van der Waals surface area contributed by atoms with E-state index in [1.165, 1.54) is 0 Å². The van der Waals surface area contributed by atoms with Crippen LogP contribution in [0.3, 0.4) is 0 Å². The van der Waals surface area contributed by atoms with Crippen LogP contribution >= 0.6 is 0 Å². The number of aliphatic hydroxyl groups is 1. The van der Waals surface area contributed by atoms with Crippen molar-refractivity contribution in [2.75, 3.05) is 18.5 Å². The molecule has 0 saturated heterocycles. The summed E-state index contributed by atoms with van der Waals surface area (Å²) in [6.45, 7) is 0.327. The lowest BCUT2D eigenvalue weighted by Crippen LogP contribution is -2.36. The molecule has 0 aliphatic heterocycles. The van der Waals surface area contributed by atoms with Crippen molar-refractivity contribution in [3.63, 3.8) is 0 Å². The number of urea groups is 1. The highest BCUT2D eigenvalue weighted by molar-refractivity contribution is 5.89. The predicted octanol–water partition coefficient (Wildman–Crippen LogP) is 2.41. The molecule has 0 radical (unpaired) electrons. The average Bonchev–Trinajstić information content (AvgIpc) is 2.35. The zero-order chi connectivity index (χ0) is 15.9. The third kappa shape index (κ3) is 7.22. The lowest BCUT2D eigenvalue weighted by molar-refractivity contribution is -0.122. The van der Waals surface area contributed by atoms with E-state index in [4.69, 9.17) is 5.11 Å². The summed E-state index contributed by atoms with van der Waals surface area (Å²) in [7, 11) is 0. The van der Waals surface area contributed by atoms with Crippen LogP contribution in [-0.4, -0.2) is 30.5 Å². The smallest absolute Gasteiger partial charge is 0.395 e. The van der Waals surface area contributed by atoms with Gasteiger partial charge in [0.25, 0.3) is 0 Å². The number of hydrogen-bond acceptors (Lipinski definition) is 2. The van der Waals surface area contributed by atoms with Gasteiger partial charge < -0.3 is 15.7 Å². The Morgan fingerprint density at radius 3 is 2.67 bits per heavy atom. The van der Waals surface area contributed by atoms with Crippen LogP contribution in [-0.2, 0) is 0 Å². The number of anilines is 1. The minimum Gasteiger partial charge on any atom is -0.395 e. The molecule has 0 spiro atoms. The molecular weight excluding hydrogens is 285 g/mol. The molecule has 1 aromatic rings. The number of benzene rings is 1. The molecule has 3 N–H and O–H groups in total. The molecular formula is C14H15F3N2O2. The molecule has 0 bridgehead atoms. The molecule has 0 aromatic heterocycles. The summed E-state index contributed by atoms with van der Waals surface area (Å²) < 4.78 is 35.9. The summed E-state index contributed by atoms with van der Waals surface area (Å²) in [4.78, 5) is 11.4. The van der Waals surface area contributed by atoms with Gasteiger partial charge in [0.1, 0.15) is 6.54 Å². The molecule has 0 heterocycles. The third-order valence-electron chi connectivity index (χ3n) is 2.25. The minimum absolute atomic E-state index is 0.0518. The van der Waals surface area contributed by atoms with Gasteiger partial charge in [-0.15, -0.1) is 0 Å². The maximum absolute atomic E-state index is 12.0. The largest absolute Gasteiger partial charge is 0.405 e. The number of alkyl halides is 3. The number of hydrogen-bond donors (Lipinski definition) is 3. The summed E-state index contributed by atoms with van der Waals surface area (Å²) in [6.07, 6.45) is -4.13. The summed E-state index contributed by atoms with van der Waals surface area (Å²) in [6, 6.07) is 3.99. The Morgan fingerprint density at radius 2 is 2.05 bits per heavy atom. The number of rotatable bonds is 3. The fraction of sp³-hybridized carbons (Fsp3) is 0.357. The van der Waals surface area contributed by atoms with E-state index in [9.17, 15) is 18.0 Å². The van der Waals surface area contributed by atoms with E-state index in [2.05, 4.69) is 17.2 Å². The van der Waals surface area contributed by atoms with Gasteiger partial charge in [-0.25, -0.2) is 4.79 Å². The molecule has 0 aliphatic rings. The monoisotopic (exact) mass is 300 g/mol. The van der Waals surface area contributed by atoms with Gasteiger partial charge in [-0.2, -0.15) is 13.2 Å². The number of aryl methyl sites for hydroxylation is 1. The van der Waals surface area contributed by atoms with E-state index in [0.717, 1.165) is 5.56 Å². The van der Waals surface area contributed by atoms with E-state index >= 15 is 0 Å². The molecule has 114 valence electrons. The van der Waals surface area contributed by atoms with Crippen LogP contribution in [0.1, 0.15) is 17.5 Å². The van der Waals surface area contributed by atoms with Crippen molar-refractivity contribution < 1.29 is 23.1 Å². The van der Waals surface area contributed by atoms with Crippen LogP contribution < -0.4 is 10.6 Å². The Morgan fingerprint density at radius 1 is 1.33 bits per heavy atom. The van der Waals surface area contributed by atoms with Crippen molar-refractivity contribution in [3.05, 3.63) is 29.3 Å². The highest BCUT2D eigenvalue weighted by Crippen LogP contribution is 2.15. The van der Waals surface area contributed by atoms with Crippen molar-refractivity contribution >= 4 is 11.7 Å². The van der Waals surface area contributed by atoms with Gasteiger partial charge in [-0.3, -0.25) is 0 Å². The van der Waals surface area contributed by atoms with E-state index in [1.54, 1.807) is 30.4 Å². The SMILES string of the molecule is Cc1cc(C#CCCO)cc(NC(=O)NCC(F)(F)F)c1. The van der Waals surface area contributed by atoms with Crippen molar-refractivity contribution in [1.82, 2.24) is 5.32 Å². The van der Waals surface area contributed by atoms with Crippen molar-refractivity contribution in [2.24, 2.45) is 0 Å². The van der Waals surface area contributed by atoms with Gasteiger partial charge in [0.15, 0.2) is 0 Å². The molecule has 2 amide bonds. The molecule has 21 heavy (non-hydrogen) atoms. The first-order valence-electron chi connectivity index (χ1n) is 6.13. The molecule has 7 heteroatoms. The first-order valence-corrected chi connectivity index (χ1v) is 6.13. The van der Waals surface area contributed by atoms with Gasteiger partial charge >= 0.3 is 12.2 Å². The number of amides is 2. The Bertz CT molecular complexity index is 560. The quantitative estimate of drug-likeness (QED) is 0.751. The molecule has 0 fully saturated rings. The number of carbonyl (C=O) groups excluding carboxylic acids is 1. The maximum Gasteiger partial charge on any atom is 0.405 e. The lowest BCUT2D eigenvalue weighted by Gasteiger charge is -2.10. The van der Waals surface area contributed by atoms with Gasteiger partial charge in [0, 0.05) is 17.7 Å². The Hall–Kier alpha value is -2.20. The van der Waals surface area contributed by atoms with Crippen LogP contribution in [0.15, 0.2) is 18.2 Å². The number of nitrogens with one attached hydrogen (secondary N) is 2. The van der Waals surface area contributed by atoms with E-state index in [-0.39, 0.29) is 6.61 Å². The second-order valence-electron chi connectivity index (χ2n) is 4.29. The van der Waals surface area contributed by atoms with Crippen molar-refractivity contribution in [1.29, 1.82) is 0 Å². The van der Waals surface area contributed by atoms with Crippen LogP contribution in [0, 0.1) is 18.8 Å². The molecule has 1 rings (SSSR count). The third-order valence-corrected chi connectivity index (χ3v) is 2.25. The molecule has 0 aliphatic carbocycles. The summed E-state index contributed by atoms with van der Waals surface area (Å²) in [5.41, 5.74) is 1.76. The number of aliphatic hydroxyl groups excluding tert-OH is 1. The highest BCUT2D eigenvalue weighted by atomic mass is 19.4. The van der Waals surface area contributed by atoms with Gasteiger partial charge in [-0.1, -0.05) is 11.8 Å². The Kier molecular flexibility index (Phi) is 6.06. The average molecular weight is 300 g/mol. The van der Waals surface area contributed by atoms with Crippen LogP contribution in [0.5, 0.6) is 0 Å². The fourth-order valence-corrected chi connectivity index (χ4v) is 1.50. The highest BCUT2D eigenvalue weighted by Gasteiger charge is 2.27. The second kappa shape index (κ2) is 7.55. The standard InChI is InChI=1S/C14H15F3N2O2/c1-10-6-11(4-2-3-5-20)8-12(7-10)19-13(21)18-9-14(15,16)17/h6-8,20H,3,5,9H2,1H3,(H2,18,19,21). The minimum atomic E-state index is -4.45. The predicted molar refractivity (Wildman–Crippen MR) is 72.8 cm³/mol. The lowest BCUT2D eigenvalue weighted by atomic mass is 10.1. The van der Waals surface area contributed by atoms with Crippen LogP contribution in [0.2, 0.25) is 0 Å².